The maximum absolute atomic E-state index is 7.09. The normalized spacial score (nSPS) is 12.7. The summed E-state index contributed by atoms with van der Waals surface area (Å²) in [6.07, 6.45) is 0. The molecule has 0 N–H and O–H groups in total. The van der Waals surface area contributed by atoms with Crippen molar-refractivity contribution < 1.29 is 0 Å². The molecule has 296 valence electrons. The summed E-state index contributed by atoms with van der Waals surface area (Å²) in [6.45, 7) is 0. The smallest absolute Gasteiger partial charge is 0.0418 e. The first kappa shape index (κ1) is 34.5. The lowest BCUT2D eigenvalue weighted by Crippen LogP contribution is -1.93. The van der Waals surface area contributed by atoms with Gasteiger partial charge in [-0.3, -0.25) is 0 Å². The van der Waals surface area contributed by atoms with Crippen molar-refractivity contribution in [3.8, 4) is 55.6 Å². The molecule has 0 aromatic heterocycles. The second-order valence-electron chi connectivity index (χ2n) is 18.2. The van der Waals surface area contributed by atoms with Crippen LogP contribution in [0.4, 0.5) is 0 Å². The summed E-state index contributed by atoms with van der Waals surface area (Å²) in [7, 11) is 0. The number of rotatable bonds is 3. The molecule has 0 atom stereocenters. The van der Waals surface area contributed by atoms with E-state index in [1.165, 1.54) is 163 Å². The monoisotopic (exact) mass is 836 g/mol. The van der Waals surface area contributed by atoms with Gasteiger partial charge in [-0.25, -0.2) is 0 Å². The molecule has 0 aliphatic heterocycles. The Labute approximate surface area is 378 Å². The van der Waals surface area contributed by atoms with E-state index >= 15 is 0 Å². The van der Waals surface area contributed by atoms with E-state index in [9.17, 15) is 0 Å². The van der Waals surface area contributed by atoms with Gasteiger partial charge in [-0.1, -0.05) is 200 Å². The SMILES string of the molecule is Clc1cc2c(-c3ccccc3)c3c4ccc5c6ccc7c8c(ccc(c9ccc(c4c59)c3c3c4ccccc4c(c1)c23)c86)-c1c-7c(-c2ccccc2)c2ccccc2c1-c1ccccc1. The number of hydrogen-bond acceptors (Lipinski definition) is 0. The molecule has 65 heavy (non-hydrogen) atoms. The highest BCUT2D eigenvalue weighted by Gasteiger charge is 2.33. The molecule has 16 rings (SSSR count). The Balaban J connectivity index is 1.09. The third kappa shape index (κ3) is 4.16. The molecule has 0 bridgehead atoms. The minimum Gasteiger partial charge on any atom is -0.0843 e. The fraction of sp³-hybridized carbons (Fsp3) is 0. The van der Waals surface area contributed by atoms with Crippen molar-refractivity contribution in [2.45, 2.75) is 0 Å². The molecule has 1 aliphatic rings. The first-order valence-corrected chi connectivity index (χ1v) is 23.0. The van der Waals surface area contributed by atoms with E-state index in [0.29, 0.717) is 0 Å². The Morgan fingerprint density at radius 2 is 0.554 bits per heavy atom. The highest BCUT2D eigenvalue weighted by Crippen LogP contribution is 2.61. The summed E-state index contributed by atoms with van der Waals surface area (Å²) >= 11 is 7.09. The molecule has 0 nitrogen and oxygen atoms in total. The van der Waals surface area contributed by atoms with Crippen molar-refractivity contribution in [3.63, 3.8) is 0 Å². The van der Waals surface area contributed by atoms with Crippen LogP contribution in [-0.4, -0.2) is 0 Å². The lowest BCUT2D eigenvalue weighted by molar-refractivity contribution is 1.62. The zero-order chi connectivity index (χ0) is 42.2. The summed E-state index contributed by atoms with van der Waals surface area (Å²) in [6, 6.07) is 75.0. The molecular weight excluding hydrogens is 804 g/mol. The van der Waals surface area contributed by atoms with E-state index in [2.05, 4.69) is 200 Å². The van der Waals surface area contributed by atoms with Crippen LogP contribution in [0.3, 0.4) is 0 Å². The van der Waals surface area contributed by atoms with Gasteiger partial charge in [0, 0.05) is 5.02 Å². The third-order valence-corrected chi connectivity index (χ3v) is 15.5. The molecule has 15 aromatic carbocycles. The van der Waals surface area contributed by atoms with Crippen molar-refractivity contribution in [1.82, 2.24) is 0 Å². The second-order valence-corrected chi connectivity index (χ2v) is 18.6. The highest BCUT2D eigenvalue weighted by atomic mass is 35.5. The van der Waals surface area contributed by atoms with E-state index in [4.69, 9.17) is 11.6 Å². The molecule has 1 aliphatic carbocycles. The summed E-state index contributed by atoms with van der Waals surface area (Å²) in [5.74, 6) is 0. The van der Waals surface area contributed by atoms with Gasteiger partial charge in [0.05, 0.1) is 0 Å². The highest BCUT2D eigenvalue weighted by molar-refractivity contribution is 6.52. The second kappa shape index (κ2) is 12.2. The standard InChI is InChI=1S/C64H33Cl/c65-37-32-50-38-20-10-11-21-39(38)60-59(50)51(33-37)54(36-18-8-3-9-19-36)63-48-30-26-44-42-24-28-46-57-47(29-25-43(55(42)57)45-27-31-49(64(60)63)58(48)56(44)45)62-53(35-16-6-2-7-17-35)41-23-13-12-22-40(41)52(61(46)62)34-14-4-1-5-15-34/h1-33H. The molecule has 0 heterocycles. The average molecular weight is 837 g/mol. The van der Waals surface area contributed by atoms with Crippen LogP contribution in [0.25, 0.3) is 163 Å². The van der Waals surface area contributed by atoms with E-state index in [1.807, 2.05) is 0 Å². The Morgan fingerprint density at radius 3 is 1.11 bits per heavy atom. The van der Waals surface area contributed by atoms with E-state index in [-0.39, 0.29) is 0 Å². The van der Waals surface area contributed by atoms with Crippen LogP contribution in [0.5, 0.6) is 0 Å². The number of benzene rings is 13. The molecule has 1 heteroatoms. The lowest BCUT2D eigenvalue weighted by atomic mass is 9.82. The minimum absolute atomic E-state index is 0.766. The third-order valence-electron chi connectivity index (χ3n) is 15.2. The number of hydrogen-bond donors (Lipinski definition) is 0. The van der Waals surface area contributed by atoms with Crippen molar-refractivity contribution in [2.24, 2.45) is 0 Å². The molecule has 0 radical (unpaired) electrons. The van der Waals surface area contributed by atoms with Gasteiger partial charge < -0.3 is 0 Å². The van der Waals surface area contributed by atoms with Crippen molar-refractivity contribution in [2.75, 3.05) is 0 Å². The first-order valence-electron chi connectivity index (χ1n) is 22.6. The van der Waals surface area contributed by atoms with Gasteiger partial charge in [-0.05, 0) is 175 Å². The Kier molecular flexibility index (Phi) is 6.44. The van der Waals surface area contributed by atoms with E-state index in [1.54, 1.807) is 0 Å². The Morgan fingerprint density at radius 1 is 0.200 bits per heavy atom. The minimum atomic E-state index is 0.766. The average Bonchev–Trinajstić information content (AvgIpc) is 4.00. The molecule has 0 amide bonds. The topological polar surface area (TPSA) is 0 Å². The van der Waals surface area contributed by atoms with Crippen molar-refractivity contribution in [1.29, 1.82) is 0 Å². The lowest BCUT2D eigenvalue weighted by Gasteiger charge is -2.20. The van der Waals surface area contributed by atoms with Gasteiger partial charge in [0.25, 0.3) is 0 Å². The molecule has 0 saturated heterocycles. The van der Waals surface area contributed by atoms with Crippen LogP contribution in [-0.2, 0) is 0 Å². The first-order chi connectivity index (χ1) is 32.2. The van der Waals surface area contributed by atoms with Gasteiger partial charge in [-0.2, -0.15) is 0 Å². The maximum Gasteiger partial charge on any atom is 0.0418 e. The van der Waals surface area contributed by atoms with Crippen LogP contribution in [0, 0.1) is 0 Å². The van der Waals surface area contributed by atoms with Gasteiger partial charge in [0.1, 0.15) is 0 Å². The van der Waals surface area contributed by atoms with Gasteiger partial charge >= 0.3 is 0 Å². The zero-order valence-electron chi connectivity index (χ0n) is 34.9. The molecule has 0 saturated carbocycles. The van der Waals surface area contributed by atoms with Crippen LogP contribution in [0.2, 0.25) is 5.02 Å². The van der Waals surface area contributed by atoms with E-state index in [0.717, 1.165) is 5.02 Å². The van der Waals surface area contributed by atoms with Gasteiger partial charge in [0.2, 0.25) is 0 Å². The maximum atomic E-state index is 7.09. The van der Waals surface area contributed by atoms with Gasteiger partial charge in [-0.15, -0.1) is 0 Å². The molecule has 0 fully saturated rings. The molecular formula is C64H33Cl. The van der Waals surface area contributed by atoms with Crippen LogP contribution in [0.15, 0.2) is 200 Å². The summed E-state index contributed by atoms with van der Waals surface area (Å²) in [5.41, 5.74) is 12.9. The van der Waals surface area contributed by atoms with E-state index < -0.39 is 0 Å². The number of fused-ring (bicyclic) bond motifs is 13. The fourth-order valence-electron chi connectivity index (χ4n) is 13.0. The predicted molar refractivity (Wildman–Crippen MR) is 281 cm³/mol. The van der Waals surface area contributed by atoms with Crippen molar-refractivity contribution in [3.05, 3.63) is 205 Å². The Bertz CT molecular complexity index is 4410. The zero-order valence-corrected chi connectivity index (χ0v) is 35.7. The largest absolute Gasteiger partial charge is 0.0843 e. The summed E-state index contributed by atoms with van der Waals surface area (Å²) < 4.78 is 0. The molecule has 0 spiro atoms. The summed E-state index contributed by atoms with van der Waals surface area (Å²) in [5, 5.41) is 26.9. The number of halogens is 1. The molecule has 15 aromatic rings. The van der Waals surface area contributed by atoms with Gasteiger partial charge in [0.15, 0.2) is 0 Å². The van der Waals surface area contributed by atoms with Crippen LogP contribution < -0.4 is 0 Å². The van der Waals surface area contributed by atoms with Crippen LogP contribution in [0.1, 0.15) is 0 Å². The summed E-state index contributed by atoms with van der Waals surface area (Å²) in [4.78, 5) is 0. The molecule has 0 unspecified atom stereocenters. The van der Waals surface area contributed by atoms with Crippen molar-refractivity contribution >= 4 is 119 Å². The quantitative estimate of drug-likeness (QED) is 0.123. The Hall–Kier alpha value is -8.03. The predicted octanol–water partition coefficient (Wildman–Crippen LogP) is 18.8. The van der Waals surface area contributed by atoms with Crippen LogP contribution >= 0.6 is 11.6 Å². The fourth-order valence-corrected chi connectivity index (χ4v) is 13.2.